The minimum absolute atomic E-state index is 0.0791. The molecule has 1 heterocycles. The van der Waals surface area contributed by atoms with E-state index in [4.69, 9.17) is 11.6 Å². The zero-order valence-corrected chi connectivity index (χ0v) is 13.2. The summed E-state index contributed by atoms with van der Waals surface area (Å²) in [4.78, 5) is 30.0. The fraction of sp³-hybridized carbons (Fsp3) is 0.125. The Morgan fingerprint density at radius 1 is 1.29 bits per heavy atom. The fourth-order valence-corrected chi connectivity index (χ4v) is 2.52. The van der Waals surface area contributed by atoms with E-state index in [0.29, 0.717) is 13.0 Å². The van der Waals surface area contributed by atoms with E-state index < -0.39 is 10.8 Å². The number of benzene rings is 2. The van der Waals surface area contributed by atoms with Gasteiger partial charge in [-0.15, -0.1) is 0 Å². The number of aromatic amines is 1. The highest BCUT2D eigenvalue weighted by atomic mass is 35.5. The lowest BCUT2D eigenvalue weighted by atomic mass is 10.2. The summed E-state index contributed by atoms with van der Waals surface area (Å²) in [6.45, 7) is 0.331. The standard InChI is InChI=1S/C16H13ClN4O3/c17-12-6-5-10(21(23)24)9-11(12)16(22)18-8-7-15-19-13-3-1-2-4-14(13)20-15/h1-6,9H,7-8H2,(H,18,22)(H,19,20). The van der Waals surface area contributed by atoms with Crippen LogP contribution in [0.25, 0.3) is 11.0 Å². The number of halogens is 1. The van der Waals surface area contributed by atoms with Crippen LogP contribution in [0.2, 0.25) is 5.02 Å². The Kier molecular flexibility index (Phi) is 4.43. The first-order valence-electron chi connectivity index (χ1n) is 7.20. The zero-order chi connectivity index (χ0) is 17.1. The van der Waals surface area contributed by atoms with Crippen LogP contribution < -0.4 is 5.32 Å². The number of amides is 1. The molecule has 0 radical (unpaired) electrons. The summed E-state index contributed by atoms with van der Waals surface area (Å²) in [6.07, 6.45) is 0.507. The van der Waals surface area contributed by atoms with E-state index in [9.17, 15) is 14.9 Å². The van der Waals surface area contributed by atoms with Crippen molar-refractivity contribution >= 4 is 34.2 Å². The summed E-state index contributed by atoms with van der Waals surface area (Å²) in [5.74, 6) is 0.293. The van der Waals surface area contributed by atoms with Gasteiger partial charge in [0.15, 0.2) is 0 Å². The molecule has 24 heavy (non-hydrogen) atoms. The number of hydrogen-bond acceptors (Lipinski definition) is 4. The third-order valence-corrected chi connectivity index (χ3v) is 3.82. The third kappa shape index (κ3) is 3.36. The van der Waals surface area contributed by atoms with E-state index in [2.05, 4.69) is 15.3 Å². The van der Waals surface area contributed by atoms with Crippen molar-refractivity contribution in [1.82, 2.24) is 15.3 Å². The molecule has 0 atom stereocenters. The molecule has 2 aromatic carbocycles. The Bertz CT molecular complexity index is 890. The first kappa shape index (κ1) is 15.9. The van der Waals surface area contributed by atoms with Crippen molar-refractivity contribution in [2.75, 3.05) is 6.54 Å². The fourth-order valence-electron chi connectivity index (χ4n) is 2.31. The Balaban J connectivity index is 1.65. The number of nitro benzene ring substituents is 1. The normalized spacial score (nSPS) is 10.7. The maximum atomic E-state index is 12.2. The maximum absolute atomic E-state index is 12.2. The van der Waals surface area contributed by atoms with Crippen LogP contribution in [0, 0.1) is 10.1 Å². The number of carbonyl (C=O) groups is 1. The Labute approximate surface area is 141 Å². The molecule has 0 bridgehead atoms. The minimum atomic E-state index is -0.568. The lowest BCUT2D eigenvalue weighted by Gasteiger charge is -2.06. The average molecular weight is 345 g/mol. The van der Waals surface area contributed by atoms with Crippen molar-refractivity contribution in [3.63, 3.8) is 0 Å². The number of para-hydroxylation sites is 2. The maximum Gasteiger partial charge on any atom is 0.270 e. The molecule has 0 aliphatic carbocycles. The van der Waals surface area contributed by atoms with Gasteiger partial charge in [-0.25, -0.2) is 4.98 Å². The van der Waals surface area contributed by atoms with Crippen molar-refractivity contribution in [1.29, 1.82) is 0 Å². The monoisotopic (exact) mass is 344 g/mol. The highest BCUT2D eigenvalue weighted by molar-refractivity contribution is 6.33. The number of carbonyl (C=O) groups excluding carboxylic acids is 1. The first-order valence-corrected chi connectivity index (χ1v) is 7.58. The SMILES string of the molecule is O=C(NCCc1nc2ccccc2[nH]1)c1cc([N+](=O)[O-])ccc1Cl. The van der Waals surface area contributed by atoms with Gasteiger partial charge in [-0.3, -0.25) is 14.9 Å². The summed E-state index contributed by atoms with van der Waals surface area (Å²) >= 11 is 5.94. The second-order valence-corrected chi connectivity index (χ2v) is 5.54. The molecular formula is C16H13ClN4O3. The molecule has 122 valence electrons. The van der Waals surface area contributed by atoms with Crippen LogP contribution >= 0.6 is 11.6 Å². The van der Waals surface area contributed by atoms with E-state index in [1.807, 2.05) is 24.3 Å². The van der Waals surface area contributed by atoms with Crippen LogP contribution in [0.1, 0.15) is 16.2 Å². The number of fused-ring (bicyclic) bond motifs is 1. The van der Waals surface area contributed by atoms with Crippen molar-refractivity contribution in [2.24, 2.45) is 0 Å². The number of hydrogen-bond donors (Lipinski definition) is 2. The first-order chi connectivity index (χ1) is 11.5. The molecule has 7 nitrogen and oxygen atoms in total. The molecule has 0 unspecified atom stereocenters. The summed E-state index contributed by atoms with van der Waals surface area (Å²) in [5, 5.41) is 13.7. The molecule has 1 amide bonds. The van der Waals surface area contributed by atoms with Gasteiger partial charge < -0.3 is 10.3 Å². The molecule has 1 aromatic heterocycles. The topological polar surface area (TPSA) is 101 Å². The third-order valence-electron chi connectivity index (χ3n) is 3.49. The Morgan fingerprint density at radius 2 is 2.08 bits per heavy atom. The quantitative estimate of drug-likeness (QED) is 0.548. The minimum Gasteiger partial charge on any atom is -0.352 e. The van der Waals surface area contributed by atoms with Crippen LogP contribution in [0.15, 0.2) is 42.5 Å². The Hall–Kier alpha value is -2.93. The van der Waals surface area contributed by atoms with Gasteiger partial charge in [0.2, 0.25) is 0 Å². The highest BCUT2D eigenvalue weighted by Gasteiger charge is 2.15. The lowest BCUT2D eigenvalue weighted by molar-refractivity contribution is -0.384. The number of H-pyrrole nitrogens is 1. The number of nitrogens with zero attached hydrogens (tertiary/aromatic N) is 2. The van der Waals surface area contributed by atoms with Gasteiger partial charge in [0.25, 0.3) is 11.6 Å². The van der Waals surface area contributed by atoms with E-state index in [-0.39, 0.29) is 16.3 Å². The molecule has 2 N–H and O–H groups in total. The van der Waals surface area contributed by atoms with Gasteiger partial charge in [0, 0.05) is 25.1 Å². The van der Waals surface area contributed by atoms with Gasteiger partial charge in [0.1, 0.15) is 5.82 Å². The van der Waals surface area contributed by atoms with Crippen molar-refractivity contribution in [3.05, 3.63) is 69.0 Å². The summed E-state index contributed by atoms with van der Waals surface area (Å²) < 4.78 is 0. The number of nitro groups is 1. The van der Waals surface area contributed by atoms with E-state index in [1.54, 1.807) is 0 Å². The van der Waals surface area contributed by atoms with Gasteiger partial charge in [0.05, 0.1) is 26.5 Å². The zero-order valence-electron chi connectivity index (χ0n) is 12.5. The smallest absolute Gasteiger partial charge is 0.270 e. The van der Waals surface area contributed by atoms with Crippen molar-refractivity contribution in [3.8, 4) is 0 Å². The number of imidazole rings is 1. The second-order valence-electron chi connectivity index (χ2n) is 5.13. The van der Waals surface area contributed by atoms with E-state index >= 15 is 0 Å². The van der Waals surface area contributed by atoms with E-state index in [0.717, 1.165) is 16.9 Å². The molecule has 0 aliphatic rings. The number of aromatic nitrogens is 2. The van der Waals surface area contributed by atoms with Crippen molar-refractivity contribution in [2.45, 2.75) is 6.42 Å². The summed E-state index contributed by atoms with van der Waals surface area (Å²) in [5.41, 5.74) is 1.69. The molecule has 0 saturated carbocycles. The van der Waals surface area contributed by atoms with Crippen LogP contribution in [-0.4, -0.2) is 27.3 Å². The molecule has 3 aromatic rings. The van der Waals surface area contributed by atoms with Crippen LogP contribution in [0.5, 0.6) is 0 Å². The molecule has 0 spiro atoms. The predicted octanol–water partition coefficient (Wildman–Crippen LogP) is 3.10. The van der Waals surface area contributed by atoms with Gasteiger partial charge in [-0.05, 0) is 18.2 Å². The number of non-ortho nitro benzene ring substituents is 1. The molecule has 0 saturated heterocycles. The second kappa shape index (κ2) is 6.67. The molecular weight excluding hydrogens is 332 g/mol. The highest BCUT2D eigenvalue weighted by Crippen LogP contribution is 2.21. The van der Waals surface area contributed by atoms with Gasteiger partial charge >= 0.3 is 0 Å². The molecule has 0 aliphatic heterocycles. The van der Waals surface area contributed by atoms with E-state index in [1.165, 1.54) is 18.2 Å². The van der Waals surface area contributed by atoms with Gasteiger partial charge in [-0.1, -0.05) is 23.7 Å². The van der Waals surface area contributed by atoms with Crippen molar-refractivity contribution < 1.29 is 9.72 Å². The summed E-state index contributed by atoms with van der Waals surface area (Å²) in [7, 11) is 0. The predicted molar refractivity (Wildman–Crippen MR) is 90.2 cm³/mol. The lowest BCUT2D eigenvalue weighted by Crippen LogP contribution is -2.26. The number of rotatable bonds is 5. The Morgan fingerprint density at radius 3 is 2.83 bits per heavy atom. The van der Waals surface area contributed by atoms with Crippen LogP contribution in [0.3, 0.4) is 0 Å². The molecule has 8 heteroatoms. The average Bonchev–Trinajstić information content (AvgIpc) is 2.97. The molecule has 0 fully saturated rings. The summed E-state index contributed by atoms with van der Waals surface area (Å²) in [6, 6.07) is 11.4. The van der Waals surface area contributed by atoms with Gasteiger partial charge in [-0.2, -0.15) is 0 Å². The molecule has 3 rings (SSSR count). The van der Waals surface area contributed by atoms with Crippen LogP contribution in [-0.2, 0) is 6.42 Å². The number of nitrogens with one attached hydrogen (secondary N) is 2. The van der Waals surface area contributed by atoms with Crippen LogP contribution in [0.4, 0.5) is 5.69 Å². The largest absolute Gasteiger partial charge is 0.352 e.